The Kier molecular flexibility index (Phi) is 3.86. The fraction of sp³-hybridized carbons (Fsp3) is 0.500. The Labute approximate surface area is 83.7 Å². The Hall–Kier alpha value is -0.430. The molecule has 0 amide bonds. The molecule has 0 aliphatic carbocycles. The van der Waals surface area contributed by atoms with Crippen LogP contribution in [0.25, 0.3) is 0 Å². The summed E-state index contributed by atoms with van der Waals surface area (Å²) in [5.41, 5.74) is 0. The molecule has 0 N–H and O–H groups in total. The van der Waals surface area contributed by atoms with Crippen molar-refractivity contribution in [1.82, 2.24) is 0 Å². The maximum absolute atomic E-state index is 2.41. The molecule has 0 radical (unpaired) electrons. The van der Waals surface area contributed by atoms with Crippen LogP contribution in [0, 0.1) is 0 Å². The third-order valence-corrected chi connectivity index (χ3v) is 5.25. The summed E-state index contributed by atoms with van der Waals surface area (Å²) in [5, 5.41) is 0. The fourth-order valence-corrected chi connectivity index (χ4v) is 3.55. The molecule has 0 aliphatic rings. The first-order valence-electron chi connectivity index (χ1n) is 4.93. The van der Waals surface area contributed by atoms with E-state index in [4.69, 9.17) is 0 Å². The number of hydrogen-bond donors (Lipinski definition) is 0. The molecule has 0 spiro atoms. The van der Waals surface area contributed by atoms with E-state index in [1.807, 2.05) is 0 Å². The molecule has 1 aromatic carbocycles. The highest BCUT2D eigenvalue weighted by Gasteiger charge is 2.12. The second-order valence-electron chi connectivity index (χ2n) is 3.91. The van der Waals surface area contributed by atoms with Gasteiger partial charge in [-0.1, -0.05) is 43.7 Å². The zero-order chi connectivity index (χ0) is 9.73. The van der Waals surface area contributed by atoms with Gasteiger partial charge in [0, 0.05) is 0 Å². The lowest BCUT2D eigenvalue weighted by atomic mass is 10.4. The van der Waals surface area contributed by atoms with Crippen LogP contribution >= 0.6 is 10.0 Å². The summed E-state index contributed by atoms with van der Waals surface area (Å²) in [6.07, 6.45) is 7.50. The molecule has 0 unspecified atom stereocenters. The van der Waals surface area contributed by atoms with E-state index < -0.39 is 10.0 Å². The molecular weight excluding hydrogens is 176 g/mol. The van der Waals surface area contributed by atoms with Crippen LogP contribution in [0.2, 0.25) is 0 Å². The van der Waals surface area contributed by atoms with Gasteiger partial charge in [0.05, 0.1) is 0 Å². The number of rotatable bonds is 4. The van der Waals surface area contributed by atoms with Gasteiger partial charge >= 0.3 is 0 Å². The molecule has 1 aromatic rings. The van der Waals surface area contributed by atoms with Gasteiger partial charge in [-0.3, -0.25) is 0 Å². The van der Waals surface area contributed by atoms with Gasteiger partial charge < -0.3 is 0 Å². The van der Waals surface area contributed by atoms with Gasteiger partial charge in [0.25, 0.3) is 0 Å². The van der Waals surface area contributed by atoms with Crippen molar-refractivity contribution in [3.63, 3.8) is 0 Å². The van der Waals surface area contributed by atoms with Crippen molar-refractivity contribution in [2.45, 2.75) is 24.7 Å². The van der Waals surface area contributed by atoms with Gasteiger partial charge in [-0.15, -0.1) is 0 Å². The first-order chi connectivity index (χ1) is 6.17. The van der Waals surface area contributed by atoms with Crippen molar-refractivity contribution in [2.24, 2.45) is 0 Å². The Morgan fingerprint density at radius 2 is 1.69 bits per heavy atom. The maximum atomic E-state index is 2.41. The summed E-state index contributed by atoms with van der Waals surface area (Å²) in [7, 11) is -0.522. The van der Waals surface area contributed by atoms with Gasteiger partial charge in [0.15, 0.2) is 0 Å². The van der Waals surface area contributed by atoms with Crippen molar-refractivity contribution < 1.29 is 0 Å². The lowest BCUT2D eigenvalue weighted by molar-refractivity contribution is 0.891. The molecule has 0 aliphatic heterocycles. The predicted molar refractivity (Wildman–Crippen MR) is 63.9 cm³/mol. The highest BCUT2D eigenvalue weighted by molar-refractivity contribution is 8.32. The Morgan fingerprint density at radius 1 is 1.08 bits per heavy atom. The van der Waals surface area contributed by atoms with Crippen LogP contribution in [-0.4, -0.2) is 18.3 Å². The van der Waals surface area contributed by atoms with Crippen LogP contribution in [0.15, 0.2) is 35.2 Å². The first kappa shape index (κ1) is 10.6. The van der Waals surface area contributed by atoms with Gasteiger partial charge in [-0.2, -0.15) is 0 Å². The van der Waals surface area contributed by atoms with Crippen LogP contribution < -0.4 is 0 Å². The number of hydrogen-bond acceptors (Lipinski definition) is 0. The molecule has 0 atom stereocenters. The summed E-state index contributed by atoms with van der Waals surface area (Å²) < 4.78 is 0. The summed E-state index contributed by atoms with van der Waals surface area (Å²) in [4.78, 5) is 1.54. The second-order valence-corrected chi connectivity index (χ2v) is 7.86. The monoisotopic (exact) mass is 196 g/mol. The van der Waals surface area contributed by atoms with Crippen LogP contribution in [0.5, 0.6) is 0 Å². The Morgan fingerprint density at radius 3 is 2.23 bits per heavy atom. The summed E-state index contributed by atoms with van der Waals surface area (Å²) in [5.74, 6) is 1.37. The van der Waals surface area contributed by atoms with E-state index in [0.717, 1.165) is 0 Å². The van der Waals surface area contributed by atoms with Crippen molar-refractivity contribution in [2.75, 3.05) is 18.3 Å². The van der Waals surface area contributed by atoms with Gasteiger partial charge in [0.2, 0.25) is 0 Å². The van der Waals surface area contributed by atoms with E-state index in [2.05, 4.69) is 49.8 Å². The van der Waals surface area contributed by atoms with Crippen LogP contribution in [0.4, 0.5) is 0 Å². The van der Waals surface area contributed by atoms with Crippen LogP contribution in [-0.2, 0) is 0 Å². The minimum Gasteiger partial charge on any atom is -0.220 e. The third-order valence-electron chi connectivity index (χ3n) is 2.39. The molecule has 0 saturated heterocycles. The number of benzene rings is 1. The molecule has 0 saturated carbocycles. The quantitative estimate of drug-likeness (QED) is 0.685. The summed E-state index contributed by atoms with van der Waals surface area (Å²) in [6.45, 7) is 2.26. The van der Waals surface area contributed by atoms with E-state index in [1.165, 1.54) is 18.6 Å². The number of unbranched alkanes of at least 4 members (excludes halogenated alkanes) is 1. The fourth-order valence-electron chi connectivity index (χ4n) is 1.41. The van der Waals surface area contributed by atoms with E-state index in [0.29, 0.717) is 0 Å². The lowest BCUT2D eigenvalue weighted by Crippen LogP contribution is -2.01. The molecule has 0 aromatic heterocycles. The average molecular weight is 196 g/mol. The third kappa shape index (κ3) is 3.07. The smallest absolute Gasteiger partial charge is 0.0104 e. The van der Waals surface area contributed by atoms with Crippen molar-refractivity contribution in [1.29, 1.82) is 0 Å². The zero-order valence-electron chi connectivity index (χ0n) is 8.92. The minimum absolute atomic E-state index is 0.522. The SMILES string of the molecule is CCCCS(C)(C)c1ccccc1. The molecule has 74 valence electrons. The minimum atomic E-state index is -0.522. The Balaban J connectivity index is 2.69. The van der Waals surface area contributed by atoms with Crippen LogP contribution in [0.3, 0.4) is 0 Å². The topological polar surface area (TPSA) is 0 Å². The van der Waals surface area contributed by atoms with E-state index in [9.17, 15) is 0 Å². The maximum Gasteiger partial charge on any atom is -0.0104 e. The highest BCUT2D eigenvalue weighted by Crippen LogP contribution is 2.49. The molecule has 1 rings (SSSR count). The molecule has 0 heterocycles. The predicted octanol–water partition coefficient (Wildman–Crippen LogP) is 3.91. The van der Waals surface area contributed by atoms with E-state index in [1.54, 1.807) is 4.90 Å². The van der Waals surface area contributed by atoms with Crippen molar-refractivity contribution >= 4 is 10.0 Å². The van der Waals surface area contributed by atoms with Gasteiger partial charge in [0.1, 0.15) is 0 Å². The van der Waals surface area contributed by atoms with Crippen LogP contribution in [0.1, 0.15) is 19.8 Å². The lowest BCUT2D eigenvalue weighted by Gasteiger charge is -2.31. The standard InChI is InChI=1S/C12H20S/c1-4-5-11-13(2,3)12-9-7-6-8-10-12/h6-10H,4-5,11H2,1-3H3. The second kappa shape index (κ2) is 4.71. The van der Waals surface area contributed by atoms with Gasteiger partial charge in [-0.05, 0) is 29.6 Å². The summed E-state index contributed by atoms with van der Waals surface area (Å²) in [6, 6.07) is 10.9. The van der Waals surface area contributed by atoms with E-state index in [-0.39, 0.29) is 0 Å². The first-order valence-corrected chi connectivity index (χ1v) is 7.55. The highest BCUT2D eigenvalue weighted by atomic mass is 32.3. The average Bonchev–Trinajstić information content (AvgIpc) is 2.16. The molecule has 0 nitrogen and oxygen atoms in total. The largest absolute Gasteiger partial charge is 0.220 e. The molecule has 13 heavy (non-hydrogen) atoms. The van der Waals surface area contributed by atoms with Gasteiger partial charge in [-0.25, -0.2) is 10.0 Å². The van der Waals surface area contributed by atoms with Crippen molar-refractivity contribution in [3.05, 3.63) is 30.3 Å². The van der Waals surface area contributed by atoms with Crippen molar-refractivity contribution in [3.8, 4) is 0 Å². The normalized spacial score (nSPS) is 12.8. The molecule has 0 fully saturated rings. The zero-order valence-corrected chi connectivity index (χ0v) is 9.73. The summed E-state index contributed by atoms with van der Waals surface area (Å²) >= 11 is 0. The Bertz CT molecular complexity index is 239. The molecule has 0 bridgehead atoms. The van der Waals surface area contributed by atoms with E-state index >= 15 is 0 Å². The molecule has 1 heteroatoms. The molecular formula is C12H20S.